The van der Waals surface area contributed by atoms with E-state index in [-0.39, 0.29) is 5.97 Å². The van der Waals surface area contributed by atoms with Gasteiger partial charge in [0.05, 0.1) is 6.61 Å². The van der Waals surface area contributed by atoms with Crippen molar-refractivity contribution in [3.8, 4) is 0 Å². The average molecular weight is 311 g/mol. The Balaban J connectivity index is 4.03. The molecule has 2 heteroatoms. The van der Waals surface area contributed by atoms with Gasteiger partial charge in [0.15, 0.2) is 0 Å². The molecular weight excluding hydrogens is 272 g/mol. The predicted octanol–water partition coefficient (Wildman–Crippen LogP) is 6.59. The van der Waals surface area contributed by atoms with Crippen LogP contribution in [0.15, 0.2) is 11.6 Å². The summed E-state index contributed by atoms with van der Waals surface area (Å²) < 4.78 is 5.06. The van der Waals surface area contributed by atoms with Crippen LogP contribution in [-0.2, 0) is 9.53 Å². The molecule has 0 fully saturated rings. The summed E-state index contributed by atoms with van der Waals surface area (Å²) in [4.78, 5) is 11.7. The van der Waals surface area contributed by atoms with Crippen LogP contribution in [0.5, 0.6) is 0 Å². The Labute approximate surface area is 138 Å². The van der Waals surface area contributed by atoms with Crippen LogP contribution in [0.3, 0.4) is 0 Å². The number of ether oxygens (including phenoxy) is 1. The standard InChI is InChI=1S/C20H38O2/c1-4-7-9-11-13-15-17-19(18-20(21)22-6-3)16-14-12-10-8-5-2/h18H,4-17H2,1-3H3/b19-18+. The van der Waals surface area contributed by atoms with Gasteiger partial charge in [0.1, 0.15) is 0 Å². The first-order valence-corrected chi connectivity index (χ1v) is 9.60. The van der Waals surface area contributed by atoms with Crippen LogP contribution in [0, 0.1) is 0 Å². The van der Waals surface area contributed by atoms with E-state index in [2.05, 4.69) is 13.8 Å². The molecule has 0 spiro atoms. The minimum absolute atomic E-state index is 0.156. The summed E-state index contributed by atoms with van der Waals surface area (Å²) >= 11 is 0. The zero-order valence-electron chi connectivity index (χ0n) is 15.3. The molecule has 0 saturated carbocycles. The molecule has 0 aromatic heterocycles. The molecule has 0 aromatic carbocycles. The molecule has 0 saturated heterocycles. The first-order valence-electron chi connectivity index (χ1n) is 9.60. The Morgan fingerprint density at radius 3 is 1.64 bits per heavy atom. The van der Waals surface area contributed by atoms with Crippen molar-refractivity contribution in [1.29, 1.82) is 0 Å². The molecule has 0 aliphatic rings. The highest BCUT2D eigenvalue weighted by Crippen LogP contribution is 2.18. The monoisotopic (exact) mass is 310 g/mol. The van der Waals surface area contributed by atoms with Crippen molar-refractivity contribution in [2.24, 2.45) is 0 Å². The number of esters is 1. The molecule has 0 rings (SSSR count). The van der Waals surface area contributed by atoms with Gasteiger partial charge in [0.25, 0.3) is 0 Å². The van der Waals surface area contributed by atoms with Crippen LogP contribution >= 0.6 is 0 Å². The summed E-state index contributed by atoms with van der Waals surface area (Å²) in [6.45, 7) is 6.82. The number of carbonyl (C=O) groups excluding carboxylic acids is 1. The third-order valence-corrected chi connectivity index (χ3v) is 4.06. The quantitative estimate of drug-likeness (QED) is 0.194. The Morgan fingerprint density at radius 2 is 1.18 bits per heavy atom. The summed E-state index contributed by atoms with van der Waals surface area (Å²) in [6, 6.07) is 0. The Bertz CT molecular complexity index is 281. The second-order valence-electron chi connectivity index (χ2n) is 6.24. The van der Waals surface area contributed by atoms with Gasteiger partial charge in [-0.1, -0.05) is 77.2 Å². The summed E-state index contributed by atoms with van der Waals surface area (Å²) in [6.07, 6.45) is 18.1. The molecule has 130 valence electrons. The first kappa shape index (κ1) is 21.2. The second-order valence-corrected chi connectivity index (χ2v) is 6.24. The Kier molecular flexibility index (Phi) is 16.0. The molecular formula is C20H38O2. The van der Waals surface area contributed by atoms with Crippen molar-refractivity contribution >= 4 is 5.97 Å². The van der Waals surface area contributed by atoms with Crippen LogP contribution in [0.25, 0.3) is 0 Å². The maximum Gasteiger partial charge on any atom is 0.330 e. The van der Waals surface area contributed by atoms with Gasteiger partial charge in [0.2, 0.25) is 0 Å². The lowest BCUT2D eigenvalue weighted by Crippen LogP contribution is -2.01. The molecule has 0 radical (unpaired) electrons. The van der Waals surface area contributed by atoms with E-state index in [0.29, 0.717) is 6.61 Å². The van der Waals surface area contributed by atoms with Gasteiger partial charge in [-0.15, -0.1) is 0 Å². The molecule has 22 heavy (non-hydrogen) atoms. The van der Waals surface area contributed by atoms with E-state index in [4.69, 9.17) is 4.74 Å². The first-order chi connectivity index (χ1) is 10.7. The highest BCUT2D eigenvalue weighted by atomic mass is 16.5. The SMILES string of the molecule is CCCCCCCC/C(=C/C(=O)OCC)CCCCCCC. The molecule has 0 amide bonds. The van der Waals surface area contributed by atoms with Crippen molar-refractivity contribution in [3.63, 3.8) is 0 Å². The number of hydrogen-bond acceptors (Lipinski definition) is 2. The van der Waals surface area contributed by atoms with Crippen molar-refractivity contribution in [3.05, 3.63) is 11.6 Å². The fourth-order valence-electron chi connectivity index (χ4n) is 2.71. The molecule has 0 aliphatic heterocycles. The predicted molar refractivity (Wildman–Crippen MR) is 96.1 cm³/mol. The zero-order chi connectivity index (χ0) is 16.5. The molecule has 0 aliphatic carbocycles. The Morgan fingerprint density at radius 1 is 0.727 bits per heavy atom. The molecule has 0 atom stereocenters. The van der Waals surface area contributed by atoms with Gasteiger partial charge >= 0.3 is 5.97 Å². The van der Waals surface area contributed by atoms with Gasteiger partial charge in [-0.3, -0.25) is 0 Å². The highest BCUT2D eigenvalue weighted by molar-refractivity contribution is 5.82. The number of allylic oxidation sites excluding steroid dienone is 1. The Hall–Kier alpha value is -0.790. The normalized spacial score (nSPS) is 11.7. The van der Waals surface area contributed by atoms with E-state index in [1.165, 1.54) is 76.2 Å². The van der Waals surface area contributed by atoms with Gasteiger partial charge < -0.3 is 4.74 Å². The third-order valence-electron chi connectivity index (χ3n) is 4.06. The summed E-state index contributed by atoms with van der Waals surface area (Å²) in [5.74, 6) is -0.156. The van der Waals surface area contributed by atoms with E-state index in [1.54, 1.807) is 6.08 Å². The van der Waals surface area contributed by atoms with Crippen molar-refractivity contribution in [2.75, 3.05) is 6.61 Å². The lowest BCUT2D eigenvalue weighted by Gasteiger charge is -2.08. The van der Waals surface area contributed by atoms with Crippen LogP contribution in [0.2, 0.25) is 0 Å². The third kappa shape index (κ3) is 14.2. The minimum atomic E-state index is -0.156. The summed E-state index contributed by atoms with van der Waals surface area (Å²) in [5.41, 5.74) is 1.30. The number of unbranched alkanes of at least 4 members (excludes halogenated alkanes) is 9. The second kappa shape index (κ2) is 16.6. The maximum absolute atomic E-state index is 11.7. The van der Waals surface area contributed by atoms with E-state index >= 15 is 0 Å². The molecule has 0 heterocycles. The van der Waals surface area contributed by atoms with Crippen LogP contribution in [0.4, 0.5) is 0 Å². The number of hydrogen-bond donors (Lipinski definition) is 0. The summed E-state index contributed by atoms with van der Waals surface area (Å²) in [7, 11) is 0. The van der Waals surface area contributed by atoms with Crippen molar-refractivity contribution < 1.29 is 9.53 Å². The average Bonchev–Trinajstić information content (AvgIpc) is 2.50. The van der Waals surface area contributed by atoms with E-state index < -0.39 is 0 Å². The zero-order valence-corrected chi connectivity index (χ0v) is 15.3. The number of rotatable bonds is 15. The fraction of sp³-hybridized carbons (Fsp3) is 0.850. The van der Waals surface area contributed by atoms with Crippen molar-refractivity contribution in [1.82, 2.24) is 0 Å². The summed E-state index contributed by atoms with van der Waals surface area (Å²) in [5, 5.41) is 0. The van der Waals surface area contributed by atoms with Gasteiger partial charge in [-0.25, -0.2) is 4.79 Å². The fourth-order valence-corrected chi connectivity index (χ4v) is 2.71. The smallest absolute Gasteiger partial charge is 0.330 e. The minimum Gasteiger partial charge on any atom is -0.463 e. The van der Waals surface area contributed by atoms with E-state index in [1.807, 2.05) is 6.92 Å². The largest absolute Gasteiger partial charge is 0.463 e. The van der Waals surface area contributed by atoms with Gasteiger partial charge in [-0.05, 0) is 32.6 Å². The van der Waals surface area contributed by atoms with Crippen LogP contribution in [0.1, 0.15) is 104 Å². The molecule has 0 N–H and O–H groups in total. The van der Waals surface area contributed by atoms with E-state index in [9.17, 15) is 4.79 Å². The van der Waals surface area contributed by atoms with E-state index in [0.717, 1.165) is 12.8 Å². The highest BCUT2D eigenvalue weighted by Gasteiger charge is 2.04. The van der Waals surface area contributed by atoms with Crippen LogP contribution < -0.4 is 0 Å². The molecule has 2 nitrogen and oxygen atoms in total. The van der Waals surface area contributed by atoms with Crippen molar-refractivity contribution in [2.45, 2.75) is 104 Å². The number of carbonyl (C=O) groups is 1. The lowest BCUT2D eigenvalue weighted by molar-refractivity contribution is -0.137. The molecule has 0 bridgehead atoms. The van der Waals surface area contributed by atoms with Gasteiger partial charge in [-0.2, -0.15) is 0 Å². The van der Waals surface area contributed by atoms with Gasteiger partial charge in [0, 0.05) is 6.08 Å². The lowest BCUT2D eigenvalue weighted by atomic mass is 9.99. The topological polar surface area (TPSA) is 26.3 Å². The molecule has 0 aromatic rings. The van der Waals surface area contributed by atoms with Crippen LogP contribution in [-0.4, -0.2) is 12.6 Å². The molecule has 0 unspecified atom stereocenters. The maximum atomic E-state index is 11.7.